The van der Waals surface area contributed by atoms with E-state index in [4.69, 9.17) is 0 Å². The number of hydrogen-bond donors (Lipinski definition) is 0. The molecule has 0 fully saturated rings. The summed E-state index contributed by atoms with van der Waals surface area (Å²) in [6, 6.07) is 4.09. The first-order valence-corrected chi connectivity index (χ1v) is 8.61. The van der Waals surface area contributed by atoms with E-state index >= 15 is 0 Å². The molecule has 0 aliphatic rings. The maximum atomic E-state index is 11.4. The van der Waals surface area contributed by atoms with Crippen molar-refractivity contribution in [3.63, 3.8) is 0 Å². The largest absolute Gasteiger partial charge is 0.274 e. The van der Waals surface area contributed by atoms with Gasteiger partial charge in [-0.1, -0.05) is 35.8 Å². The van der Waals surface area contributed by atoms with E-state index in [0.29, 0.717) is 5.56 Å². The molecule has 0 amide bonds. The highest BCUT2D eigenvalue weighted by Gasteiger charge is 2.25. The third-order valence-corrected chi connectivity index (χ3v) is 5.60. The van der Waals surface area contributed by atoms with E-state index in [0.717, 1.165) is 18.7 Å². The topological polar surface area (TPSA) is 77.3 Å². The van der Waals surface area contributed by atoms with Gasteiger partial charge in [0.25, 0.3) is 5.69 Å². The number of alkyl halides is 1. The Labute approximate surface area is 121 Å². The summed E-state index contributed by atoms with van der Waals surface area (Å²) in [5.41, 5.74) is 0.398. The van der Waals surface area contributed by atoms with Crippen molar-refractivity contribution in [1.82, 2.24) is 0 Å². The van der Waals surface area contributed by atoms with Crippen LogP contribution in [0.1, 0.15) is 31.7 Å². The van der Waals surface area contributed by atoms with Crippen LogP contribution in [-0.4, -0.2) is 24.4 Å². The van der Waals surface area contributed by atoms with Crippen molar-refractivity contribution in [3.05, 3.63) is 33.9 Å². The lowest BCUT2D eigenvalue weighted by atomic mass is 9.95. The van der Waals surface area contributed by atoms with Gasteiger partial charge in [0.15, 0.2) is 9.84 Å². The molecule has 0 spiro atoms. The van der Waals surface area contributed by atoms with E-state index in [1.807, 2.05) is 13.8 Å². The van der Waals surface area contributed by atoms with Gasteiger partial charge in [0.1, 0.15) is 0 Å². The molecule has 2 unspecified atom stereocenters. The van der Waals surface area contributed by atoms with Crippen LogP contribution in [0.2, 0.25) is 0 Å². The maximum Gasteiger partial charge on any atom is 0.274 e. The van der Waals surface area contributed by atoms with Gasteiger partial charge in [0, 0.05) is 28.6 Å². The van der Waals surface area contributed by atoms with E-state index in [9.17, 15) is 18.5 Å². The Morgan fingerprint density at radius 3 is 2.42 bits per heavy atom. The van der Waals surface area contributed by atoms with Gasteiger partial charge >= 0.3 is 0 Å². The predicted molar refractivity (Wildman–Crippen MR) is 77.6 cm³/mol. The van der Waals surface area contributed by atoms with Crippen molar-refractivity contribution in [2.24, 2.45) is 0 Å². The van der Waals surface area contributed by atoms with Gasteiger partial charge in [-0.25, -0.2) is 8.42 Å². The Morgan fingerprint density at radius 1 is 1.42 bits per heavy atom. The minimum atomic E-state index is -3.44. The first-order valence-electron chi connectivity index (χ1n) is 5.81. The molecule has 19 heavy (non-hydrogen) atoms. The second-order valence-electron chi connectivity index (χ2n) is 4.46. The predicted octanol–water partition coefficient (Wildman–Crippen LogP) is 3.28. The highest BCUT2D eigenvalue weighted by atomic mass is 79.9. The van der Waals surface area contributed by atoms with E-state index in [2.05, 4.69) is 15.9 Å². The molecule has 0 heterocycles. The molecular formula is C12H16BrNO4S. The van der Waals surface area contributed by atoms with E-state index in [1.165, 1.54) is 12.1 Å². The molecule has 1 aromatic carbocycles. The van der Waals surface area contributed by atoms with Crippen LogP contribution in [-0.2, 0) is 9.84 Å². The molecule has 0 saturated carbocycles. The number of hydrogen-bond acceptors (Lipinski definition) is 4. The summed E-state index contributed by atoms with van der Waals surface area (Å²) in [5, 5.41) is 11.1. The van der Waals surface area contributed by atoms with Gasteiger partial charge in [0.05, 0.1) is 9.82 Å². The summed E-state index contributed by atoms with van der Waals surface area (Å²) in [6.45, 7) is 3.86. The summed E-state index contributed by atoms with van der Waals surface area (Å²) in [4.78, 5) is 10.7. The van der Waals surface area contributed by atoms with Crippen molar-refractivity contribution >= 4 is 31.5 Å². The standard InChI is InChI=1S/C12H16BrNO4S/c1-4-11(13)8(2)10-6-5-9(19(3,17)18)7-12(10)14(15)16/h5-8,11H,4H2,1-3H3. The zero-order valence-corrected chi connectivity index (χ0v) is 13.4. The third kappa shape index (κ3) is 3.76. The minimum absolute atomic E-state index is 0.0298. The lowest BCUT2D eigenvalue weighted by Crippen LogP contribution is -2.11. The summed E-state index contributed by atoms with van der Waals surface area (Å²) in [7, 11) is -3.44. The van der Waals surface area contributed by atoms with Crippen LogP contribution in [0.15, 0.2) is 23.1 Å². The van der Waals surface area contributed by atoms with Crippen molar-refractivity contribution in [2.75, 3.05) is 6.26 Å². The van der Waals surface area contributed by atoms with E-state index < -0.39 is 14.8 Å². The highest BCUT2D eigenvalue weighted by Crippen LogP contribution is 2.34. The lowest BCUT2D eigenvalue weighted by Gasteiger charge is -2.17. The van der Waals surface area contributed by atoms with Crippen LogP contribution in [0, 0.1) is 10.1 Å². The number of nitro benzene ring substituents is 1. The smallest absolute Gasteiger partial charge is 0.258 e. The van der Waals surface area contributed by atoms with Gasteiger partial charge in [-0.15, -0.1) is 0 Å². The van der Waals surface area contributed by atoms with E-state index in [1.54, 1.807) is 0 Å². The van der Waals surface area contributed by atoms with Crippen LogP contribution in [0.25, 0.3) is 0 Å². The molecule has 0 radical (unpaired) electrons. The number of sulfone groups is 1. The molecule has 0 aromatic heterocycles. The molecule has 0 aliphatic heterocycles. The highest BCUT2D eigenvalue weighted by molar-refractivity contribution is 9.09. The van der Waals surface area contributed by atoms with Crippen molar-refractivity contribution in [1.29, 1.82) is 0 Å². The number of halogens is 1. The Morgan fingerprint density at radius 2 is 2.00 bits per heavy atom. The van der Waals surface area contributed by atoms with Gasteiger partial charge in [0.2, 0.25) is 0 Å². The molecule has 1 rings (SSSR count). The third-order valence-electron chi connectivity index (χ3n) is 3.05. The molecular weight excluding hydrogens is 334 g/mol. The summed E-state index contributed by atoms with van der Waals surface area (Å²) in [6.07, 6.45) is 1.86. The number of nitro groups is 1. The summed E-state index contributed by atoms with van der Waals surface area (Å²) >= 11 is 3.48. The first kappa shape index (κ1) is 16.1. The van der Waals surface area contributed by atoms with Gasteiger partial charge in [-0.3, -0.25) is 10.1 Å². The molecule has 106 valence electrons. The van der Waals surface area contributed by atoms with Crippen LogP contribution in [0.5, 0.6) is 0 Å². The van der Waals surface area contributed by atoms with Gasteiger partial charge < -0.3 is 0 Å². The van der Waals surface area contributed by atoms with Crippen molar-refractivity contribution < 1.29 is 13.3 Å². The number of nitrogens with zero attached hydrogens (tertiary/aromatic N) is 1. The average Bonchev–Trinajstić information content (AvgIpc) is 2.35. The van der Waals surface area contributed by atoms with Crippen LogP contribution >= 0.6 is 15.9 Å². The molecule has 0 aliphatic carbocycles. The van der Waals surface area contributed by atoms with Crippen LogP contribution < -0.4 is 0 Å². The van der Waals surface area contributed by atoms with Crippen molar-refractivity contribution in [3.8, 4) is 0 Å². The second-order valence-corrected chi connectivity index (χ2v) is 7.65. The van der Waals surface area contributed by atoms with Crippen LogP contribution in [0.3, 0.4) is 0 Å². The molecule has 0 N–H and O–H groups in total. The zero-order valence-electron chi connectivity index (χ0n) is 11.0. The molecule has 0 saturated heterocycles. The number of benzene rings is 1. The Bertz CT molecular complexity index is 585. The van der Waals surface area contributed by atoms with Gasteiger partial charge in [-0.2, -0.15) is 0 Å². The summed E-state index contributed by atoms with van der Waals surface area (Å²) < 4.78 is 22.9. The summed E-state index contributed by atoms with van der Waals surface area (Å²) in [5.74, 6) is -0.0704. The zero-order chi connectivity index (χ0) is 14.8. The minimum Gasteiger partial charge on any atom is -0.258 e. The fourth-order valence-corrected chi connectivity index (χ4v) is 2.77. The van der Waals surface area contributed by atoms with Crippen molar-refractivity contribution in [2.45, 2.75) is 35.9 Å². The second kappa shape index (κ2) is 6.00. The SMILES string of the molecule is CCC(Br)C(C)c1ccc(S(C)(=O)=O)cc1[N+](=O)[O-]. The monoisotopic (exact) mass is 349 g/mol. The molecule has 7 heteroatoms. The number of rotatable bonds is 5. The Balaban J connectivity index is 3.39. The first-order chi connectivity index (χ1) is 8.68. The molecule has 5 nitrogen and oxygen atoms in total. The maximum absolute atomic E-state index is 11.4. The quantitative estimate of drug-likeness (QED) is 0.464. The fourth-order valence-electron chi connectivity index (χ4n) is 1.85. The molecule has 0 bridgehead atoms. The molecule has 1 aromatic rings. The molecule has 2 atom stereocenters. The van der Waals surface area contributed by atoms with E-state index in [-0.39, 0.29) is 21.3 Å². The lowest BCUT2D eigenvalue weighted by molar-refractivity contribution is -0.385. The Kier molecular flexibility index (Phi) is 5.09. The van der Waals surface area contributed by atoms with Crippen LogP contribution in [0.4, 0.5) is 5.69 Å². The average molecular weight is 350 g/mol. The normalized spacial score (nSPS) is 14.9. The fraction of sp³-hybridized carbons (Fsp3) is 0.500. The Hall–Kier alpha value is -0.950. The van der Waals surface area contributed by atoms with Gasteiger partial charge in [-0.05, 0) is 12.5 Å².